The minimum absolute atomic E-state index is 0.0938. The molecule has 5 nitrogen and oxygen atoms in total. The van der Waals surface area contributed by atoms with Crippen molar-refractivity contribution in [2.24, 2.45) is 10.2 Å². The molecule has 0 aliphatic carbocycles. The minimum Gasteiger partial charge on any atom is -0.504 e. The predicted molar refractivity (Wildman–Crippen MR) is 106 cm³/mol. The molecule has 134 valence electrons. The van der Waals surface area contributed by atoms with Crippen molar-refractivity contribution in [3.05, 3.63) is 63.2 Å². The number of phenolic OH excluding ortho intramolecular Hbond substituents is 1. The van der Waals surface area contributed by atoms with Gasteiger partial charge in [0.15, 0.2) is 11.5 Å². The zero-order valence-electron chi connectivity index (χ0n) is 14.4. The number of benzene rings is 2. The molecule has 1 heterocycles. The van der Waals surface area contributed by atoms with Crippen LogP contribution in [-0.2, 0) is 6.54 Å². The van der Waals surface area contributed by atoms with Gasteiger partial charge in [-0.3, -0.25) is 0 Å². The molecule has 1 aromatic heterocycles. The third-order valence-electron chi connectivity index (χ3n) is 3.81. The standard InChI is InChI=1S/C19H18ClN3O2S/c1-3-23-16(14-5-7-15(20)8-6-14)12-26-19(23)22-21-11-13-4-9-17(24)18(10-13)25-2/h4-12,24H,3H2,1-2H3/b21-11+,22-19+. The first kappa shape index (κ1) is 18.2. The summed E-state index contributed by atoms with van der Waals surface area (Å²) in [5.74, 6) is 0.495. The largest absolute Gasteiger partial charge is 0.504 e. The van der Waals surface area contributed by atoms with E-state index in [1.807, 2.05) is 24.3 Å². The van der Waals surface area contributed by atoms with Crippen molar-refractivity contribution in [2.75, 3.05) is 7.11 Å². The molecule has 3 rings (SSSR count). The molecule has 0 spiro atoms. The van der Waals surface area contributed by atoms with Gasteiger partial charge in [-0.25, -0.2) is 0 Å². The summed E-state index contributed by atoms with van der Waals surface area (Å²) >= 11 is 7.50. The van der Waals surface area contributed by atoms with Crippen LogP contribution in [0.15, 0.2) is 58.0 Å². The Labute approximate surface area is 160 Å². The van der Waals surface area contributed by atoms with Crippen molar-refractivity contribution in [2.45, 2.75) is 13.5 Å². The first-order valence-corrected chi connectivity index (χ1v) is 9.26. The summed E-state index contributed by atoms with van der Waals surface area (Å²) in [6.45, 7) is 2.85. The topological polar surface area (TPSA) is 59.1 Å². The smallest absolute Gasteiger partial charge is 0.211 e. The van der Waals surface area contributed by atoms with Crippen molar-refractivity contribution in [1.82, 2.24) is 4.57 Å². The lowest BCUT2D eigenvalue weighted by atomic mass is 10.2. The summed E-state index contributed by atoms with van der Waals surface area (Å²) in [6, 6.07) is 12.8. The van der Waals surface area contributed by atoms with E-state index in [-0.39, 0.29) is 5.75 Å². The van der Waals surface area contributed by atoms with Crippen molar-refractivity contribution < 1.29 is 9.84 Å². The van der Waals surface area contributed by atoms with Crippen LogP contribution >= 0.6 is 22.9 Å². The van der Waals surface area contributed by atoms with Crippen LogP contribution in [0.25, 0.3) is 11.3 Å². The average Bonchev–Trinajstić information content (AvgIpc) is 3.06. The highest BCUT2D eigenvalue weighted by atomic mass is 35.5. The zero-order chi connectivity index (χ0) is 18.5. The van der Waals surface area contributed by atoms with E-state index in [0.29, 0.717) is 10.8 Å². The van der Waals surface area contributed by atoms with Gasteiger partial charge in [0, 0.05) is 16.9 Å². The molecule has 0 fully saturated rings. The Morgan fingerprint density at radius 1 is 1.23 bits per heavy atom. The Balaban J connectivity index is 1.91. The van der Waals surface area contributed by atoms with Crippen LogP contribution in [0, 0.1) is 0 Å². The SMILES string of the molecule is CCn1c(-c2ccc(Cl)cc2)cs/c1=N/N=C/c1ccc(O)c(OC)c1. The number of thiazole rings is 1. The lowest BCUT2D eigenvalue weighted by Crippen LogP contribution is -2.14. The van der Waals surface area contributed by atoms with Crippen LogP contribution in [0.2, 0.25) is 5.02 Å². The molecule has 0 saturated carbocycles. The number of methoxy groups -OCH3 is 1. The quantitative estimate of drug-likeness (QED) is 0.516. The molecule has 0 aliphatic rings. The van der Waals surface area contributed by atoms with Gasteiger partial charge in [0.05, 0.1) is 19.0 Å². The van der Waals surface area contributed by atoms with Gasteiger partial charge in [0.25, 0.3) is 0 Å². The number of aromatic nitrogens is 1. The third kappa shape index (κ3) is 3.98. The van der Waals surface area contributed by atoms with Gasteiger partial charge in [0.2, 0.25) is 4.80 Å². The number of halogens is 1. The summed E-state index contributed by atoms with van der Waals surface area (Å²) in [4.78, 5) is 0.805. The molecule has 1 N–H and O–H groups in total. The van der Waals surface area contributed by atoms with Crippen molar-refractivity contribution >= 4 is 29.2 Å². The van der Waals surface area contributed by atoms with Crippen LogP contribution in [0.5, 0.6) is 11.5 Å². The third-order valence-corrected chi connectivity index (χ3v) is 4.91. The van der Waals surface area contributed by atoms with Gasteiger partial charge in [0.1, 0.15) is 0 Å². The van der Waals surface area contributed by atoms with Crippen LogP contribution in [0.1, 0.15) is 12.5 Å². The normalized spacial score (nSPS) is 12.0. The number of aromatic hydroxyl groups is 1. The molecule has 0 radical (unpaired) electrons. The first-order valence-electron chi connectivity index (χ1n) is 8.00. The van der Waals surface area contributed by atoms with Gasteiger partial charge < -0.3 is 14.4 Å². The molecule has 0 bridgehead atoms. The lowest BCUT2D eigenvalue weighted by molar-refractivity contribution is 0.373. The van der Waals surface area contributed by atoms with E-state index in [0.717, 1.165) is 28.2 Å². The number of hydrogen-bond acceptors (Lipinski definition) is 5. The van der Waals surface area contributed by atoms with E-state index in [1.165, 1.54) is 18.4 Å². The summed E-state index contributed by atoms with van der Waals surface area (Å²) < 4.78 is 7.19. The number of hydrogen-bond donors (Lipinski definition) is 1. The molecule has 26 heavy (non-hydrogen) atoms. The fraction of sp³-hybridized carbons (Fsp3) is 0.158. The van der Waals surface area contributed by atoms with E-state index in [2.05, 4.69) is 27.1 Å². The van der Waals surface area contributed by atoms with E-state index >= 15 is 0 Å². The summed E-state index contributed by atoms with van der Waals surface area (Å²) in [5, 5.41) is 20.9. The molecule has 7 heteroatoms. The molecule has 0 unspecified atom stereocenters. The van der Waals surface area contributed by atoms with Crippen LogP contribution in [0.3, 0.4) is 0 Å². The molecular weight excluding hydrogens is 370 g/mol. The Hall–Kier alpha value is -2.57. The van der Waals surface area contributed by atoms with Crippen molar-refractivity contribution in [1.29, 1.82) is 0 Å². The van der Waals surface area contributed by atoms with E-state index in [4.69, 9.17) is 16.3 Å². The van der Waals surface area contributed by atoms with Crippen molar-refractivity contribution in [3.63, 3.8) is 0 Å². The van der Waals surface area contributed by atoms with Crippen LogP contribution in [0.4, 0.5) is 0 Å². The highest BCUT2D eigenvalue weighted by Crippen LogP contribution is 2.25. The highest BCUT2D eigenvalue weighted by Gasteiger charge is 2.06. The van der Waals surface area contributed by atoms with Crippen molar-refractivity contribution in [3.8, 4) is 22.8 Å². The summed E-state index contributed by atoms with van der Waals surface area (Å²) in [7, 11) is 1.51. The molecule has 0 amide bonds. The second-order valence-electron chi connectivity index (χ2n) is 5.43. The van der Waals surface area contributed by atoms with Gasteiger partial charge in [-0.15, -0.1) is 16.4 Å². The molecule has 0 aliphatic heterocycles. The van der Waals surface area contributed by atoms with Crippen LogP contribution in [-0.4, -0.2) is 23.0 Å². The average molecular weight is 388 g/mol. The Morgan fingerprint density at radius 3 is 2.69 bits per heavy atom. The molecule has 2 aromatic carbocycles. The fourth-order valence-corrected chi connectivity index (χ4v) is 3.54. The maximum Gasteiger partial charge on any atom is 0.211 e. The maximum atomic E-state index is 9.63. The number of nitrogens with zero attached hydrogens (tertiary/aromatic N) is 3. The first-order chi connectivity index (χ1) is 12.6. The van der Waals surface area contributed by atoms with Gasteiger partial charge in [-0.05, 0) is 48.4 Å². The monoisotopic (exact) mass is 387 g/mol. The number of ether oxygens (including phenoxy) is 1. The minimum atomic E-state index is 0.0938. The van der Waals surface area contributed by atoms with Gasteiger partial charge >= 0.3 is 0 Å². The molecule has 0 saturated heterocycles. The lowest BCUT2D eigenvalue weighted by Gasteiger charge is -2.05. The van der Waals surface area contributed by atoms with E-state index < -0.39 is 0 Å². The predicted octanol–water partition coefficient (Wildman–Crippen LogP) is 4.54. The summed E-state index contributed by atoms with van der Waals surface area (Å²) in [6.07, 6.45) is 1.63. The Morgan fingerprint density at radius 2 is 2.00 bits per heavy atom. The number of phenols is 1. The second kappa shape index (κ2) is 8.21. The molecule has 0 atom stereocenters. The fourth-order valence-electron chi connectivity index (χ4n) is 2.49. The molecular formula is C19H18ClN3O2S. The highest BCUT2D eigenvalue weighted by molar-refractivity contribution is 7.07. The number of rotatable bonds is 5. The Kier molecular flexibility index (Phi) is 5.75. The molecule has 3 aromatic rings. The van der Waals surface area contributed by atoms with E-state index in [1.54, 1.807) is 24.4 Å². The second-order valence-corrected chi connectivity index (χ2v) is 6.70. The summed E-state index contributed by atoms with van der Waals surface area (Å²) in [5.41, 5.74) is 2.96. The zero-order valence-corrected chi connectivity index (χ0v) is 16.0. The Bertz CT molecular complexity index is 991. The van der Waals surface area contributed by atoms with Crippen LogP contribution < -0.4 is 9.54 Å². The maximum absolute atomic E-state index is 9.63. The van der Waals surface area contributed by atoms with E-state index in [9.17, 15) is 5.11 Å². The van der Waals surface area contributed by atoms with Gasteiger partial charge in [-0.2, -0.15) is 5.10 Å². The van der Waals surface area contributed by atoms with Gasteiger partial charge in [-0.1, -0.05) is 23.7 Å².